The fourth-order valence-electron chi connectivity index (χ4n) is 1.44. The molecule has 1 aromatic rings. The highest BCUT2D eigenvalue weighted by atomic mass is 19.1. The van der Waals surface area contributed by atoms with Gasteiger partial charge < -0.3 is 11.1 Å². The average molecular weight is 208 g/mol. The summed E-state index contributed by atoms with van der Waals surface area (Å²) in [4.78, 5) is 10.9. The first-order valence-electron chi connectivity index (χ1n) is 5.00. The maximum Gasteiger partial charge on any atom is 0.251 e. The molecule has 0 unspecified atom stereocenters. The minimum absolute atomic E-state index is 0.0594. The Morgan fingerprint density at radius 2 is 2.27 bits per heavy atom. The first kappa shape index (κ1) is 9.96. The lowest BCUT2D eigenvalue weighted by atomic mass is 10.1. The van der Waals surface area contributed by atoms with E-state index in [0.29, 0.717) is 11.6 Å². The van der Waals surface area contributed by atoms with E-state index in [2.05, 4.69) is 5.32 Å². The minimum atomic E-state index is -0.734. The molecule has 0 saturated heterocycles. The van der Waals surface area contributed by atoms with Gasteiger partial charge in [0.05, 0.1) is 11.3 Å². The van der Waals surface area contributed by atoms with Crippen LogP contribution in [0.25, 0.3) is 0 Å². The summed E-state index contributed by atoms with van der Waals surface area (Å²) in [5, 5.41) is 2.99. The van der Waals surface area contributed by atoms with E-state index >= 15 is 0 Å². The molecule has 0 bridgehead atoms. The third-order valence-electron chi connectivity index (χ3n) is 2.54. The van der Waals surface area contributed by atoms with Gasteiger partial charge in [-0.05, 0) is 30.9 Å². The van der Waals surface area contributed by atoms with Crippen LogP contribution in [0.2, 0.25) is 0 Å². The highest BCUT2D eigenvalue weighted by Gasteiger charge is 2.21. The molecule has 3 nitrogen and oxygen atoms in total. The zero-order valence-corrected chi connectivity index (χ0v) is 8.29. The summed E-state index contributed by atoms with van der Waals surface area (Å²) in [5.41, 5.74) is 5.35. The van der Waals surface area contributed by atoms with Gasteiger partial charge in [-0.15, -0.1) is 0 Å². The molecular weight excluding hydrogens is 195 g/mol. The van der Waals surface area contributed by atoms with Crippen molar-refractivity contribution in [2.24, 2.45) is 11.7 Å². The van der Waals surface area contributed by atoms with Gasteiger partial charge >= 0.3 is 0 Å². The van der Waals surface area contributed by atoms with Crippen molar-refractivity contribution in [3.05, 3.63) is 29.6 Å². The Morgan fingerprint density at radius 3 is 2.87 bits per heavy atom. The lowest BCUT2D eigenvalue weighted by molar-refractivity contribution is 0.0996. The normalized spacial score (nSPS) is 15.0. The van der Waals surface area contributed by atoms with E-state index in [0.717, 1.165) is 6.54 Å². The number of anilines is 1. The number of benzene rings is 1. The van der Waals surface area contributed by atoms with Crippen LogP contribution in [0.3, 0.4) is 0 Å². The minimum Gasteiger partial charge on any atom is -0.382 e. The predicted molar refractivity (Wildman–Crippen MR) is 56.1 cm³/mol. The molecule has 1 fully saturated rings. The van der Waals surface area contributed by atoms with E-state index < -0.39 is 11.7 Å². The van der Waals surface area contributed by atoms with Crippen LogP contribution in [-0.4, -0.2) is 12.5 Å². The zero-order valence-electron chi connectivity index (χ0n) is 8.29. The van der Waals surface area contributed by atoms with Gasteiger partial charge in [-0.2, -0.15) is 0 Å². The molecule has 1 aliphatic carbocycles. The zero-order chi connectivity index (χ0) is 10.8. The van der Waals surface area contributed by atoms with Crippen molar-refractivity contribution in [3.8, 4) is 0 Å². The summed E-state index contributed by atoms with van der Waals surface area (Å²) < 4.78 is 13.6. The topological polar surface area (TPSA) is 55.1 Å². The second-order valence-corrected chi connectivity index (χ2v) is 3.86. The molecule has 1 aliphatic rings. The van der Waals surface area contributed by atoms with Crippen LogP contribution in [0, 0.1) is 11.7 Å². The molecular formula is C11H13FN2O. The Bertz CT molecular complexity index is 388. The third kappa shape index (κ3) is 2.26. The molecule has 0 radical (unpaired) electrons. The highest BCUT2D eigenvalue weighted by Crippen LogP contribution is 2.29. The molecule has 1 amide bonds. The van der Waals surface area contributed by atoms with Crippen LogP contribution >= 0.6 is 0 Å². The summed E-state index contributed by atoms with van der Waals surface area (Å²) in [6, 6.07) is 4.63. The van der Waals surface area contributed by atoms with Crippen LogP contribution in [0.4, 0.5) is 10.1 Å². The predicted octanol–water partition coefficient (Wildman–Crippen LogP) is 1.75. The van der Waals surface area contributed by atoms with Crippen molar-refractivity contribution >= 4 is 11.6 Å². The molecule has 0 spiro atoms. The average Bonchev–Trinajstić information content (AvgIpc) is 2.99. The van der Waals surface area contributed by atoms with Crippen molar-refractivity contribution in [3.63, 3.8) is 0 Å². The Labute approximate surface area is 87.5 Å². The third-order valence-corrected chi connectivity index (χ3v) is 2.54. The van der Waals surface area contributed by atoms with Gasteiger partial charge in [-0.1, -0.05) is 6.07 Å². The summed E-state index contributed by atoms with van der Waals surface area (Å²) in [6.07, 6.45) is 2.40. The molecule has 1 saturated carbocycles. The summed E-state index contributed by atoms with van der Waals surface area (Å²) in [6.45, 7) is 0.763. The summed E-state index contributed by atoms with van der Waals surface area (Å²) in [5.74, 6) is -0.630. The maximum absolute atomic E-state index is 13.6. The highest BCUT2D eigenvalue weighted by molar-refractivity contribution is 5.94. The second kappa shape index (κ2) is 3.88. The number of carbonyl (C=O) groups excluding carboxylic acids is 1. The second-order valence-electron chi connectivity index (χ2n) is 3.86. The van der Waals surface area contributed by atoms with Crippen molar-refractivity contribution in [1.29, 1.82) is 0 Å². The number of nitrogens with one attached hydrogen (secondary N) is 1. The fraction of sp³-hybridized carbons (Fsp3) is 0.364. The van der Waals surface area contributed by atoms with Crippen LogP contribution in [0.1, 0.15) is 23.2 Å². The number of amides is 1. The molecule has 2 rings (SSSR count). The van der Waals surface area contributed by atoms with Crippen LogP contribution in [0.5, 0.6) is 0 Å². The van der Waals surface area contributed by atoms with Gasteiger partial charge in [0, 0.05) is 6.54 Å². The molecule has 1 aromatic carbocycles. The van der Waals surface area contributed by atoms with E-state index in [4.69, 9.17) is 5.73 Å². The van der Waals surface area contributed by atoms with Gasteiger partial charge in [0.2, 0.25) is 0 Å². The van der Waals surface area contributed by atoms with Gasteiger partial charge in [0.1, 0.15) is 0 Å². The number of carbonyl (C=O) groups is 1. The maximum atomic E-state index is 13.6. The Kier molecular flexibility index (Phi) is 2.58. The van der Waals surface area contributed by atoms with Crippen molar-refractivity contribution in [1.82, 2.24) is 0 Å². The number of hydrogen-bond acceptors (Lipinski definition) is 2. The molecule has 3 N–H and O–H groups in total. The van der Waals surface area contributed by atoms with E-state index in [1.54, 1.807) is 12.1 Å². The van der Waals surface area contributed by atoms with Gasteiger partial charge in [-0.25, -0.2) is 4.39 Å². The van der Waals surface area contributed by atoms with Crippen molar-refractivity contribution < 1.29 is 9.18 Å². The molecule has 0 aromatic heterocycles. The summed E-state index contributed by atoms with van der Waals surface area (Å²) in [7, 11) is 0. The standard InChI is InChI=1S/C11H13FN2O/c12-10-8(11(13)15)2-1-3-9(10)14-6-7-4-5-7/h1-3,7,14H,4-6H2,(H2,13,15). The SMILES string of the molecule is NC(=O)c1cccc(NCC2CC2)c1F. The number of hydrogen-bond donors (Lipinski definition) is 2. The van der Waals surface area contributed by atoms with Gasteiger partial charge in [-0.3, -0.25) is 4.79 Å². The molecule has 0 aliphatic heterocycles. The lowest BCUT2D eigenvalue weighted by Crippen LogP contribution is -2.15. The Hall–Kier alpha value is -1.58. The molecule has 15 heavy (non-hydrogen) atoms. The number of primary amides is 1. The molecule has 0 heterocycles. The molecule has 4 heteroatoms. The lowest BCUT2D eigenvalue weighted by Gasteiger charge is -2.08. The van der Waals surface area contributed by atoms with Crippen LogP contribution < -0.4 is 11.1 Å². The van der Waals surface area contributed by atoms with E-state index in [-0.39, 0.29) is 5.56 Å². The molecule has 0 atom stereocenters. The van der Waals surface area contributed by atoms with E-state index in [9.17, 15) is 9.18 Å². The van der Waals surface area contributed by atoms with Crippen molar-refractivity contribution in [2.45, 2.75) is 12.8 Å². The first-order valence-corrected chi connectivity index (χ1v) is 5.00. The number of halogens is 1. The largest absolute Gasteiger partial charge is 0.382 e. The number of rotatable bonds is 4. The van der Waals surface area contributed by atoms with E-state index in [1.165, 1.54) is 18.9 Å². The Morgan fingerprint density at radius 1 is 1.53 bits per heavy atom. The molecule has 80 valence electrons. The monoisotopic (exact) mass is 208 g/mol. The summed E-state index contributed by atoms with van der Waals surface area (Å²) >= 11 is 0. The van der Waals surface area contributed by atoms with Crippen molar-refractivity contribution in [2.75, 3.05) is 11.9 Å². The van der Waals surface area contributed by atoms with Crippen LogP contribution in [-0.2, 0) is 0 Å². The number of nitrogens with two attached hydrogens (primary N) is 1. The van der Waals surface area contributed by atoms with E-state index in [1.807, 2.05) is 0 Å². The van der Waals surface area contributed by atoms with Gasteiger partial charge in [0.15, 0.2) is 5.82 Å². The fourth-order valence-corrected chi connectivity index (χ4v) is 1.44. The quantitative estimate of drug-likeness (QED) is 0.792. The van der Waals surface area contributed by atoms with Crippen LogP contribution in [0.15, 0.2) is 18.2 Å². The smallest absolute Gasteiger partial charge is 0.251 e. The van der Waals surface area contributed by atoms with Gasteiger partial charge in [0.25, 0.3) is 5.91 Å². The Balaban J connectivity index is 2.14. The first-order chi connectivity index (χ1) is 7.18.